The Morgan fingerprint density at radius 2 is 1.65 bits per heavy atom. The molecule has 3 heterocycles. The predicted molar refractivity (Wildman–Crippen MR) is 103 cm³/mol. The highest BCUT2D eigenvalue weighted by Gasteiger charge is 2.23. The van der Waals surface area contributed by atoms with Gasteiger partial charge in [0.15, 0.2) is 0 Å². The van der Waals surface area contributed by atoms with Crippen molar-refractivity contribution in [1.82, 2.24) is 19.9 Å². The number of aromatic amines is 1. The Hall–Kier alpha value is -2.89. The number of aromatic nitrogens is 3. The summed E-state index contributed by atoms with van der Waals surface area (Å²) in [6.45, 7) is 9.06. The van der Waals surface area contributed by atoms with Crippen LogP contribution in [-0.4, -0.2) is 51.9 Å². The van der Waals surface area contributed by atoms with E-state index in [9.17, 15) is 4.79 Å². The zero-order valence-corrected chi connectivity index (χ0v) is 15.4. The van der Waals surface area contributed by atoms with Crippen LogP contribution in [-0.2, 0) is 0 Å². The number of nitrogens with one attached hydrogen (secondary N) is 1. The highest BCUT2D eigenvalue weighted by atomic mass is 16.2. The molecule has 1 aliphatic rings. The largest absolute Gasteiger partial charge is 0.368 e. The molecule has 0 radical (unpaired) electrons. The number of amides is 1. The van der Waals surface area contributed by atoms with Crippen LogP contribution < -0.4 is 4.90 Å². The summed E-state index contributed by atoms with van der Waals surface area (Å²) in [7, 11) is 0. The van der Waals surface area contributed by atoms with E-state index in [-0.39, 0.29) is 5.91 Å². The van der Waals surface area contributed by atoms with Crippen molar-refractivity contribution in [2.75, 3.05) is 31.1 Å². The molecule has 1 saturated heterocycles. The molecule has 0 spiro atoms. The van der Waals surface area contributed by atoms with Crippen LogP contribution in [0.4, 0.5) is 5.69 Å². The Morgan fingerprint density at radius 1 is 0.962 bits per heavy atom. The lowest BCUT2D eigenvalue weighted by atomic mass is 10.1. The highest BCUT2D eigenvalue weighted by molar-refractivity contribution is 5.97. The van der Waals surface area contributed by atoms with E-state index in [0.29, 0.717) is 5.56 Å². The van der Waals surface area contributed by atoms with Crippen molar-refractivity contribution in [2.45, 2.75) is 20.8 Å². The molecule has 1 aliphatic heterocycles. The Balaban J connectivity index is 1.47. The maximum absolute atomic E-state index is 12.9. The average molecular weight is 349 g/mol. The van der Waals surface area contributed by atoms with Gasteiger partial charge in [0, 0.05) is 48.8 Å². The number of fused-ring (bicyclic) bond motifs is 1. The number of nitrogens with zero attached hydrogens (tertiary/aromatic N) is 4. The van der Waals surface area contributed by atoms with Crippen LogP contribution in [0, 0.1) is 20.8 Å². The molecule has 26 heavy (non-hydrogen) atoms. The fraction of sp³-hybridized carbons (Fsp3) is 0.350. The van der Waals surface area contributed by atoms with Gasteiger partial charge in [0.05, 0.1) is 11.0 Å². The van der Waals surface area contributed by atoms with Crippen LogP contribution in [0.25, 0.3) is 11.0 Å². The molecule has 1 fully saturated rings. The standard InChI is InChI=1S/C20H23N5O/c1-13-10-17(11-14(2)21-13)24-6-8-25(9-7-24)20(26)16-4-5-18-19(12-16)23-15(3)22-18/h4-5,10-12H,6-9H2,1-3H3,(H,22,23). The summed E-state index contributed by atoms with van der Waals surface area (Å²) in [4.78, 5) is 29.2. The van der Waals surface area contributed by atoms with Crippen molar-refractivity contribution in [1.29, 1.82) is 0 Å². The second-order valence-corrected chi connectivity index (χ2v) is 6.94. The number of carbonyl (C=O) groups is 1. The molecule has 1 N–H and O–H groups in total. The molecule has 0 aliphatic carbocycles. The number of rotatable bonds is 2. The molecular formula is C20H23N5O. The van der Waals surface area contributed by atoms with Crippen molar-refractivity contribution in [3.63, 3.8) is 0 Å². The molecule has 1 aromatic carbocycles. The van der Waals surface area contributed by atoms with E-state index < -0.39 is 0 Å². The van der Waals surface area contributed by atoms with Crippen LogP contribution in [0.1, 0.15) is 27.6 Å². The van der Waals surface area contributed by atoms with E-state index in [0.717, 1.165) is 54.4 Å². The molecule has 1 amide bonds. The van der Waals surface area contributed by atoms with E-state index in [4.69, 9.17) is 0 Å². The monoisotopic (exact) mass is 349 g/mol. The first-order valence-corrected chi connectivity index (χ1v) is 8.95. The number of piperazine rings is 1. The van der Waals surface area contributed by atoms with E-state index in [1.165, 1.54) is 5.69 Å². The summed E-state index contributed by atoms with van der Waals surface area (Å²) in [5.41, 5.74) is 5.77. The number of hydrogen-bond donors (Lipinski definition) is 1. The average Bonchev–Trinajstić information content (AvgIpc) is 2.99. The normalized spacial score (nSPS) is 14.9. The summed E-state index contributed by atoms with van der Waals surface area (Å²) in [6, 6.07) is 9.90. The topological polar surface area (TPSA) is 65.1 Å². The first kappa shape index (κ1) is 16.6. The zero-order valence-electron chi connectivity index (χ0n) is 15.4. The fourth-order valence-corrected chi connectivity index (χ4v) is 3.62. The molecule has 134 valence electrons. The van der Waals surface area contributed by atoms with Crippen molar-refractivity contribution < 1.29 is 4.79 Å². The molecular weight excluding hydrogens is 326 g/mol. The first-order valence-electron chi connectivity index (χ1n) is 8.95. The number of aryl methyl sites for hydroxylation is 3. The van der Waals surface area contributed by atoms with E-state index in [1.807, 2.05) is 43.9 Å². The molecule has 0 saturated carbocycles. The van der Waals surface area contributed by atoms with Gasteiger partial charge in [-0.2, -0.15) is 0 Å². The summed E-state index contributed by atoms with van der Waals surface area (Å²) in [5, 5.41) is 0. The number of pyridine rings is 1. The molecule has 0 atom stereocenters. The lowest BCUT2D eigenvalue weighted by Gasteiger charge is -2.36. The minimum absolute atomic E-state index is 0.0842. The summed E-state index contributed by atoms with van der Waals surface area (Å²) >= 11 is 0. The van der Waals surface area contributed by atoms with Gasteiger partial charge in [-0.1, -0.05) is 0 Å². The highest BCUT2D eigenvalue weighted by Crippen LogP contribution is 2.20. The van der Waals surface area contributed by atoms with E-state index >= 15 is 0 Å². The number of imidazole rings is 1. The number of H-pyrrole nitrogens is 1. The molecule has 6 nitrogen and oxygen atoms in total. The van der Waals surface area contributed by atoms with Gasteiger partial charge < -0.3 is 14.8 Å². The lowest BCUT2D eigenvalue weighted by Crippen LogP contribution is -2.48. The zero-order chi connectivity index (χ0) is 18.3. The first-order chi connectivity index (χ1) is 12.5. The molecule has 2 aromatic heterocycles. The third kappa shape index (κ3) is 3.14. The third-order valence-corrected chi connectivity index (χ3v) is 4.85. The number of hydrogen-bond acceptors (Lipinski definition) is 4. The number of anilines is 1. The van der Waals surface area contributed by atoms with Gasteiger partial charge in [0.2, 0.25) is 0 Å². The van der Waals surface area contributed by atoms with E-state index in [2.05, 4.69) is 32.0 Å². The number of benzene rings is 1. The van der Waals surface area contributed by atoms with Gasteiger partial charge in [-0.3, -0.25) is 9.78 Å². The quantitative estimate of drug-likeness (QED) is 0.773. The van der Waals surface area contributed by atoms with Crippen LogP contribution in [0.5, 0.6) is 0 Å². The SMILES string of the molecule is Cc1cc(N2CCN(C(=O)c3ccc4nc(C)[nH]c4c3)CC2)cc(C)n1. The Morgan fingerprint density at radius 3 is 2.35 bits per heavy atom. The van der Waals surface area contributed by atoms with Crippen molar-refractivity contribution in [3.05, 3.63) is 53.1 Å². The molecule has 4 rings (SSSR count). The minimum Gasteiger partial charge on any atom is -0.368 e. The Kier molecular flexibility index (Phi) is 4.11. The Labute approximate surface area is 152 Å². The fourth-order valence-electron chi connectivity index (χ4n) is 3.62. The van der Waals surface area contributed by atoms with Gasteiger partial charge >= 0.3 is 0 Å². The van der Waals surface area contributed by atoms with Gasteiger partial charge in [-0.05, 0) is 51.1 Å². The van der Waals surface area contributed by atoms with Gasteiger partial charge in [0.1, 0.15) is 5.82 Å². The summed E-state index contributed by atoms with van der Waals surface area (Å²) < 4.78 is 0. The van der Waals surface area contributed by atoms with Crippen molar-refractivity contribution >= 4 is 22.6 Å². The van der Waals surface area contributed by atoms with Crippen LogP contribution in [0.15, 0.2) is 30.3 Å². The predicted octanol–water partition coefficient (Wildman–Crippen LogP) is 2.85. The minimum atomic E-state index is 0.0842. The van der Waals surface area contributed by atoms with E-state index in [1.54, 1.807) is 0 Å². The number of carbonyl (C=O) groups excluding carboxylic acids is 1. The second-order valence-electron chi connectivity index (χ2n) is 6.94. The smallest absolute Gasteiger partial charge is 0.254 e. The molecule has 0 unspecified atom stereocenters. The summed E-state index contributed by atoms with van der Waals surface area (Å²) in [6.07, 6.45) is 0. The maximum Gasteiger partial charge on any atom is 0.254 e. The lowest BCUT2D eigenvalue weighted by molar-refractivity contribution is 0.0747. The van der Waals surface area contributed by atoms with Crippen molar-refractivity contribution in [2.24, 2.45) is 0 Å². The van der Waals surface area contributed by atoms with Crippen LogP contribution in [0.3, 0.4) is 0 Å². The van der Waals surface area contributed by atoms with Crippen LogP contribution >= 0.6 is 0 Å². The van der Waals surface area contributed by atoms with Gasteiger partial charge in [-0.25, -0.2) is 4.98 Å². The molecule has 0 bridgehead atoms. The van der Waals surface area contributed by atoms with Crippen LogP contribution in [0.2, 0.25) is 0 Å². The van der Waals surface area contributed by atoms with Gasteiger partial charge in [-0.15, -0.1) is 0 Å². The maximum atomic E-state index is 12.9. The Bertz CT molecular complexity index is 949. The summed E-state index contributed by atoms with van der Waals surface area (Å²) in [5.74, 6) is 0.946. The van der Waals surface area contributed by atoms with Gasteiger partial charge in [0.25, 0.3) is 5.91 Å². The third-order valence-electron chi connectivity index (χ3n) is 4.85. The second kappa shape index (κ2) is 6.44. The molecule has 3 aromatic rings. The van der Waals surface area contributed by atoms with Crippen molar-refractivity contribution in [3.8, 4) is 0 Å². The molecule has 6 heteroatoms.